The van der Waals surface area contributed by atoms with Gasteiger partial charge < -0.3 is 0 Å². The minimum Gasteiger partial charge on any atom is -0.283 e. The number of aryl methyl sites for hydroxylation is 2. The van der Waals surface area contributed by atoms with Gasteiger partial charge in [0.1, 0.15) is 0 Å². The molecule has 0 spiro atoms. The summed E-state index contributed by atoms with van der Waals surface area (Å²) in [5, 5.41) is 1.12. The summed E-state index contributed by atoms with van der Waals surface area (Å²) in [6, 6.07) is 11.8. The van der Waals surface area contributed by atoms with E-state index >= 15 is 0 Å². The molecule has 0 aliphatic carbocycles. The lowest BCUT2D eigenvalue weighted by molar-refractivity contribution is 0.0964. The second-order valence-electron chi connectivity index (χ2n) is 5.54. The summed E-state index contributed by atoms with van der Waals surface area (Å²) >= 11 is 3.47. The van der Waals surface area contributed by atoms with Crippen LogP contribution in [-0.4, -0.2) is 10.5 Å². The first-order valence-electron chi connectivity index (χ1n) is 7.22. The van der Waals surface area contributed by atoms with Crippen LogP contribution in [0.25, 0.3) is 10.9 Å². The first-order valence-corrected chi connectivity index (χ1v) is 8.02. The molecule has 0 saturated heterocycles. The van der Waals surface area contributed by atoms with Crippen molar-refractivity contribution in [2.24, 2.45) is 0 Å². The fraction of sp³-hybridized carbons (Fsp3) is 0.158. The molecule has 0 aliphatic heterocycles. The van der Waals surface area contributed by atoms with Crippen molar-refractivity contribution in [1.29, 1.82) is 0 Å². The molecule has 1 aromatic heterocycles. The molecule has 2 aromatic carbocycles. The molecule has 3 rings (SSSR count). The second kappa shape index (κ2) is 5.73. The van der Waals surface area contributed by atoms with E-state index in [4.69, 9.17) is 0 Å². The number of aromatic nitrogens is 1. The highest BCUT2D eigenvalue weighted by molar-refractivity contribution is 9.10. The molecule has 0 aliphatic rings. The van der Waals surface area contributed by atoms with Crippen molar-refractivity contribution in [1.82, 2.24) is 4.57 Å². The van der Waals surface area contributed by atoms with Crippen molar-refractivity contribution in [3.63, 3.8) is 0 Å². The summed E-state index contributed by atoms with van der Waals surface area (Å²) < 4.78 is 2.56. The van der Waals surface area contributed by atoms with Gasteiger partial charge in [-0.1, -0.05) is 23.8 Å². The first kappa shape index (κ1) is 15.0. The zero-order valence-corrected chi connectivity index (χ0v) is 14.3. The van der Waals surface area contributed by atoms with Gasteiger partial charge in [0.05, 0.1) is 11.1 Å². The molecule has 0 saturated carbocycles. The van der Waals surface area contributed by atoms with Crippen molar-refractivity contribution in [2.75, 3.05) is 0 Å². The zero-order valence-electron chi connectivity index (χ0n) is 12.7. The Balaban J connectivity index is 2.28. The maximum absolute atomic E-state index is 13.0. The molecule has 111 valence electrons. The summed E-state index contributed by atoms with van der Waals surface area (Å²) in [6.07, 6.45) is 2.58. The molecule has 1 radical (unpaired) electrons. The fourth-order valence-electron chi connectivity index (χ4n) is 2.94. The Kier molecular flexibility index (Phi) is 3.92. The average Bonchev–Trinajstić information content (AvgIpc) is 2.86. The van der Waals surface area contributed by atoms with E-state index in [0.29, 0.717) is 12.0 Å². The number of carbonyl (C=O) groups excluding carboxylic acids is 1. The van der Waals surface area contributed by atoms with Crippen LogP contribution in [0, 0.1) is 20.8 Å². The van der Waals surface area contributed by atoms with E-state index in [2.05, 4.69) is 41.9 Å². The predicted octanol–water partition coefficient (Wildman–Crippen LogP) is 5.09. The third-order valence-electron chi connectivity index (χ3n) is 3.91. The highest BCUT2D eigenvalue weighted by atomic mass is 79.9. The highest BCUT2D eigenvalue weighted by Crippen LogP contribution is 2.28. The van der Waals surface area contributed by atoms with Crippen molar-refractivity contribution in [2.45, 2.75) is 20.3 Å². The summed E-state index contributed by atoms with van der Waals surface area (Å²) in [4.78, 5) is 13.0. The van der Waals surface area contributed by atoms with Crippen LogP contribution in [0.2, 0.25) is 0 Å². The Morgan fingerprint density at radius 1 is 1.23 bits per heavy atom. The van der Waals surface area contributed by atoms with Gasteiger partial charge in [0, 0.05) is 16.1 Å². The molecule has 3 heteroatoms. The Morgan fingerprint density at radius 2 is 1.95 bits per heavy atom. The molecule has 1 heterocycles. The van der Waals surface area contributed by atoms with Crippen molar-refractivity contribution >= 4 is 32.7 Å². The minimum absolute atomic E-state index is 0.0240. The molecule has 22 heavy (non-hydrogen) atoms. The number of nitrogens with zero attached hydrogens (tertiary/aromatic N) is 1. The van der Waals surface area contributed by atoms with E-state index in [0.717, 1.165) is 26.5 Å². The summed E-state index contributed by atoms with van der Waals surface area (Å²) in [5.74, 6) is -0.0240. The van der Waals surface area contributed by atoms with Gasteiger partial charge in [-0.2, -0.15) is 0 Å². The van der Waals surface area contributed by atoms with Crippen LogP contribution in [0.3, 0.4) is 0 Å². The lowest BCUT2D eigenvalue weighted by atomic mass is 10.0. The van der Waals surface area contributed by atoms with E-state index in [-0.39, 0.29) is 5.91 Å². The van der Waals surface area contributed by atoms with E-state index in [1.165, 1.54) is 5.56 Å². The van der Waals surface area contributed by atoms with Crippen LogP contribution in [0.5, 0.6) is 0 Å². The third kappa shape index (κ3) is 2.40. The number of carbonyl (C=O) groups is 1. The maximum Gasteiger partial charge on any atom is 0.263 e. The van der Waals surface area contributed by atoms with E-state index in [9.17, 15) is 4.79 Å². The topological polar surface area (TPSA) is 22.0 Å². The van der Waals surface area contributed by atoms with E-state index in [1.54, 1.807) is 4.57 Å². The van der Waals surface area contributed by atoms with Crippen LogP contribution >= 0.6 is 15.9 Å². The van der Waals surface area contributed by atoms with Gasteiger partial charge in [0.2, 0.25) is 0 Å². The average molecular weight is 355 g/mol. The summed E-state index contributed by atoms with van der Waals surface area (Å²) in [6.45, 7) is 8.12. The van der Waals surface area contributed by atoms with Crippen LogP contribution in [0.4, 0.5) is 0 Å². The van der Waals surface area contributed by atoms with Gasteiger partial charge >= 0.3 is 0 Å². The molecule has 0 unspecified atom stereocenters. The van der Waals surface area contributed by atoms with Gasteiger partial charge in [0.15, 0.2) is 0 Å². The van der Waals surface area contributed by atoms with Gasteiger partial charge in [-0.3, -0.25) is 9.36 Å². The molecule has 0 fully saturated rings. The number of fused-ring (bicyclic) bond motifs is 1. The summed E-state index contributed by atoms with van der Waals surface area (Å²) in [5.41, 5.74) is 5.04. The molecule has 0 amide bonds. The fourth-order valence-corrected chi connectivity index (χ4v) is 3.39. The van der Waals surface area contributed by atoms with Gasteiger partial charge in [-0.15, -0.1) is 0 Å². The number of halogens is 1. The van der Waals surface area contributed by atoms with Crippen LogP contribution in [-0.2, 0) is 6.42 Å². The lowest BCUT2D eigenvalue weighted by Crippen LogP contribution is -2.12. The van der Waals surface area contributed by atoms with Gasteiger partial charge in [-0.05, 0) is 72.4 Å². The number of benzene rings is 2. The Labute approximate surface area is 138 Å². The second-order valence-corrected chi connectivity index (χ2v) is 6.39. The predicted molar refractivity (Wildman–Crippen MR) is 94.3 cm³/mol. The number of hydrogen-bond acceptors (Lipinski definition) is 1. The van der Waals surface area contributed by atoms with E-state index in [1.807, 2.05) is 37.4 Å². The minimum atomic E-state index is -0.0240. The molecule has 0 N–H and O–H groups in total. The smallest absolute Gasteiger partial charge is 0.263 e. The van der Waals surface area contributed by atoms with Gasteiger partial charge in [-0.25, -0.2) is 0 Å². The number of rotatable bonds is 2. The highest BCUT2D eigenvalue weighted by Gasteiger charge is 2.18. The monoisotopic (exact) mass is 354 g/mol. The SMILES string of the molecule is [CH2]Cc1cn(C(=O)c2ccccc2Br)c2c(C)cc(C)cc12. The lowest BCUT2D eigenvalue weighted by Gasteiger charge is -2.08. The Bertz CT molecular complexity index is 877. The zero-order chi connectivity index (χ0) is 15.9. The van der Waals surface area contributed by atoms with Crippen LogP contribution in [0.1, 0.15) is 27.0 Å². The van der Waals surface area contributed by atoms with Crippen molar-refractivity contribution in [3.05, 3.63) is 76.2 Å². The third-order valence-corrected chi connectivity index (χ3v) is 4.60. The van der Waals surface area contributed by atoms with E-state index < -0.39 is 0 Å². The maximum atomic E-state index is 13.0. The molecule has 2 nitrogen and oxygen atoms in total. The quantitative estimate of drug-likeness (QED) is 0.628. The standard InChI is InChI=1S/C19H17BrNO/c1-4-14-11-21(18-13(3)9-12(2)10-16(14)18)19(22)15-7-5-6-8-17(15)20/h5-11H,1,4H2,2-3H3. The largest absolute Gasteiger partial charge is 0.283 e. The normalized spacial score (nSPS) is 11.1. The Hall–Kier alpha value is -1.87. The number of hydrogen-bond donors (Lipinski definition) is 0. The summed E-state index contributed by atoms with van der Waals surface area (Å²) in [7, 11) is 0. The molecular formula is C19H17BrNO. The Morgan fingerprint density at radius 3 is 2.64 bits per heavy atom. The molecular weight excluding hydrogens is 338 g/mol. The van der Waals surface area contributed by atoms with Crippen molar-refractivity contribution in [3.8, 4) is 0 Å². The van der Waals surface area contributed by atoms with Gasteiger partial charge in [0.25, 0.3) is 5.91 Å². The van der Waals surface area contributed by atoms with Crippen LogP contribution in [0.15, 0.2) is 47.1 Å². The first-order chi connectivity index (χ1) is 10.5. The van der Waals surface area contributed by atoms with Crippen molar-refractivity contribution < 1.29 is 4.79 Å². The molecule has 3 aromatic rings. The molecule has 0 atom stereocenters. The molecule has 0 bridgehead atoms. The van der Waals surface area contributed by atoms with Crippen LogP contribution < -0.4 is 0 Å².